The molecule has 7 heteroatoms. The molecule has 0 amide bonds. The van der Waals surface area contributed by atoms with Crippen molar-refractivity contribution in [2.24, 2.45) is 11.6 Å². The van der Waals surface area contributed by atoms with Crippen LogP contribution in [0.25, 0.3) is 0 Å². The van der Waals surface area contributed by atoms with Gasteiger partial charge in [0.15, 0.2) is 0 Å². The Morgan fingerprint density at radius 1 is 1.56 bits per heavy atom. The number of anilines is 1. The predicted octanol–water partition coefficient (Wildman–Crippen LogP) is -0.0330. The lowest BCUT2D eigenvalue weighted by Crippen LogP contribution is -2.42. The molecule has 0 fully saturated rings. The summed E-state index contributed by atoms with van der Waals surface area (Å²) in [6.45, 7) is 0. The predicted molar refractivity (Wildman–Crippen MR) is 58.5 cm³/mol. The number of hydrazine groups is 1. The largest absolute Gasteiger partial charge is 0.496 e. The van der Waals surface area contributed by atoms with Gasteiger partial charge in [0.05, 0.1) is 12.8 Å². The van der Waals surface area contributed by atoms with E-state index in [1.807, 2.05) is 0 Å². The molecular formula is C9H12N4O3. The van der Waals surface area contributed by atoms with Gasteiger partial charge in [-0.05, 0) is 12.1 Å². The fourth-order valence-electron chi connectivity index (χ4n) is 1.15. The quantitative estimate of drug-likeness (QED) is 0.247. The van der Waals surface area contributed by atoms with Crippen molar-refractivity contribution in [3.63, 3.8) is 0 Å². The summed E-state index contributed by atoms with van der Waals surface area (Å²) >= 11 is 0. The molecule has 1 aromatic rings. The van der Waals surface area contributed by atoms with Gasteiger partial charge in [0, 0.05) is 6.07 Å². The number of hydrogen-bond donors (Lipinski definition) is 4. The van der Waals surface area contributed by atoms with Crippen LogP contribution in [0.15, 0.2) is 18.2 Å². The van der Waals surface area contributed by atoms with E-state index >= 15 is 0 Å². The Balaban J connectivity index is 3.18. The minimum Gasteiger partial charge on any atom is -0.496 e. The van der Waals surface area contributed by atoms with Gasteiger partial charge in [-0.1, -0.05) is 0 Å². The molecule has 0 aliphatic heterocycles. The Labute approximate surface area is 91.7 Å². The number of aromatic carboxylic acids is 1. The average Bonchev–Trinajstić information content (AvgIpc) is 2.26. The summed E-state index contributed by atoms with van der Waals surface area (Å²) < 4.78 is 4.90. The second-order valence-corrected chi connectivity index (χ2v) is 2.94. The van der Waals surface area contributed by atoms with Crippen molar-refractivity contribution in [3.8, 4) is 5.75 Å². The number of carbonyl (C=O) groups is 1. The molecule has 0 bridgehead atoms. The number of carboxylic acids is 1. The van der Waals surface area contributed by atoms with E-state index in [1.54, 1.807) is 0 Å². The van der Waals surface area contributed by atoms with E-state index in [-0.39, 0.29) is 17.3 Å². The van der Waals surface area contributed by atoms with Crippen LogP contribution in [0.4, 0.5) is 5.69 Å². The highest BCUT2D eigenvalue weighted by molar-refractivity contribution is 5.94. The highest BCUT2D eigenvalue weighted by Crippen LogP contribution is 2.24. The Bertz CT molecular complexity index is 433. The number of nitrogens with one attached hydrogen (secondary N) is 1. The molecule has 0 atom stereocenters. The summed E-state index contributed by atoms with van der Waals surface area (Å²) in [5, 5.41) is 16.9. The maximum Gasteiger partial charge on any atom is 0.339 e. The number of hydrogen-bond acceptors (Lipinski definition) is 4. The second-order valence-electron chi connectivity index (χ2n) is 2.94. The highest BCUT2D eigenvalue weighted by Gasteiger charge is 2.13. The molecule has 7 nitrogen and oxygen atoms in total. The van der Waals surface area contributed by atoms with Gasteiger partial charge in [-0.3, -0.25) is 5.41 Å². The summed E-state index contributed by atoms with van der Waals surface area (Å²) in [7, 11) is 1.35. The number of carboxylic acid groups (broad SMARTS) is 1. The van der Waals surface area contributed by atoms with E-state index in [4.69, 9.17) is 26.8 Å². The monoisotopic (exact) mass is 224 g/mol. The van der Waals surface area contributed by atoms with Crippen LogP contribution in [0.1, 0.15) is 10.4 Å². The zero-order valence-electron chi connectivity index (χ0n) is 8.60. The van der Waals surface area contributed by atoms with Gasteiger partial charge in [0.1, 0.15) is 11.3 Å². The maximum atomic E-state index is 10.8. The molecule has 0 aliphatic rings. The van der Waals surface area contributed by atoms with Crippen LogP contribution < -0.4 is 21.3 Å². The Kier molecular flexibility index (Phi) is 3.31. The van der Waals surface area contributed by atoms with Crippen molar-refractivity contribution in [2.45, 2.75) is 0 Å². The van der Waals surface area contributed by atoms with Gasteiger partial charge < -0.3 is 15.6 Å². The summed E-state index contributed by atoms with van der Waals surface area (Å²) in [5.41, 5.74) is 5.57. The van der Waals surface area contributed by atoms with Gasteiger partial charge in [0.25, 0.3) is 0 Å². The molecule has 0 spiro atoms. The first kappa shape index (κ1) is 11.8. The fourth-order valence-corrected chi connectivity index (χ4v) is 1.15. The van der Waals surface area contributed by atoms with Crippen LogP contribution in [0, 0.1) is 5.41 Å². The summed E-state index contributed by atoms with van der Waals surface area (Å²) in [6, 6.07) is 4.16. The SMILES string of the molecule is COc1cc(N(N)C(=N)N)ccc1C(=O)O. The molecule has 0 aliphatic carbocycles. The van der Waals surface area contributed by atoms with Gasteiger partial charge in [-0.15, -0.1) is 0 Å². The van der Waals surface area contributed by atoms with E-state index in [0.717, 1.165) is 5.01 Å². The molecule has 86 valence electrons. The third-order valence-electron chi connectivity index (χ3n) is 1.95. The lowest BCUT2D eigenvalue weighted by molar-refractivity contribution is 0.0693. The lowest BCUT2D eigenvalue weighted by Gasteiger charge is -2.17. The van der Waals surface area contributed by atoms with Crippen molar-refractivity contribution >= 4 is 17.6 Å². The van der Waals surface area contributed by atoms with Crippen molar-refractivity contribution in [2.75, 3.05) is 12.1 Å². The number of nitrogens with zero attached hydrogens (tertiary/aromatic N) is 1. The number of ether oxygens (including phenoxy) is 1. The first-order valence-electron chi connectivity index (χ1n) is 4.27. The summed E-state index contributed by atoms with van der Waals surface area (Å²) in [4.78, 5) is 10.8. The van der Waals surface area contributed by atoms with Crippen LogP contribution in [0.3, 0.4) is 0 Å². The van der Waals surface area contributed by atoms with E-state index in [1.165, 1.54) is 25.3 Å². The number of methoxy groups -OCH3 is 1. The number of nitrogens with two attached hydrogens (primary N) is 2. The zero-order chi connectivity index (χ0) is 12.3. The van der Waals surface area contributed by atoms with Gasteiger partial charge in [-0.25, -0.2) is 15.6 Å². The Hall–Kier alpha value is -2.28. The van der Waals surface area contributed by atoms with E-state index in [9.17, 15) is 4.79 Å². The second kappa shape index (κ2) is 4.49. The first-order chi connectivity index (χ1) is 7.47. The van der Waals surface area contributed by atoms with Crippen LogP contribution in [0.5, 0.6) is 5.75 Å². The molecule has 0 aromatic heterocycles. The molecule has 1 aromatic carbocycles. The number of rotatable bonds is 3. The van der Waals surface area contributed by atoms with Gasteiger partial charge in [0.2, 0.25) is 5.96 Å². The van der Waals surface area contributed by atoms with Crippen molar-refractivity contribution < 1.29 is 14.6 Å². The molecule has 0 unspecified atom stereocenters. The van der Waals surface area contributed by atoms with Crippen LogP contribution in [-0.2, 0) is 0 Å². The topological polar surface area (TPSA) is 126 Å². The van der Waals surface area contributed by atoms with E-state index < -0.39 is 5.97 Å². The van der Waals surface area contributed by atoms with E-state index in [0.29, 0.717) is 5.69 Å². The normalized spacial score (nSPS) is 9.62. The molecule has 16 heavy (non-hydrogen) atoms. The summed E-state index contributed by atoms with van der Waals surface area (Å²) in [5.74, 6) is 4.16. The van der Waals surface area contributed by atoms with Crippen LogP contribution in [0.2, 0.25) is 0 Å². The lowest BCUT2D eigenvalue weighted by atomic mass is 10.2. The maximum absolute atomic E-state index is 10.8. The zero-order valence-corrected chi connectivity index (χ0v) is 8.60. The Morgan fingerprint density at radius 3 is 2.62 bits per heavy atom. The first-order valence-corrected chi connectivity index (χ1v) is 4.27. The Morgan fingerprint density at radius 2 is 2.19 bits per heavy atom. The molecular weight excluding hydrogens is 212 g/mol. The number of benzene rings is 1. The summed E-state index contributed by atoms with van der Waals surface area (Å²) in [6.07, 6.45) is 0. The smallest absolute Gasteiger partial charge is 0.339 e. The highest BCUT2D eigenvalue weighted by atomic mass is 16.5. The standard InChI is InChI=1S/C9H12N4O3/c1-16-7-4-5(13(12)9(10)11)2-3-6(7)8(14)15/h2-4H,12H2,1H3,(H3,10,11)(H,14,15). The average molecular weight is 224 g/mol. The molecule has 0 saturated carbocycles. The fraction of sp³-hybridized carbons (Fsp3) is 0.111. The number of guanidine groups is 1. The third-order valence-corrected chi connectivity index (χ3v) is 1.95. The van der Waals surface area contributed by atoms with E-state index in [2.05, 4.69) is 0 Å². The molecule has 6 N–H and O–H groups in total. The molecule has 0 heterocycles. The van der Waals surface area contributed by atoms with Crippen molar-refractivity contribution in [1.29, 1.82) is 5.41 Å². The van der Waals surface area contributed by atoms with Crippen molar-refractivity contribution in [3.05, 3.63) is 23.8 Å². The minimum atomic E-state index is -1.10. The van der Waals surface area contributed by atoms with Crippen molar-refractivity contribution in [1.82, 2.24) is 0 Å². The van der Waals surface area contributed by atoms with Gasteiger partial charge in [-0.2, -0.15) is 0 Å². The third kappa shape index (κ3) is 2.20. The molecule has 1 rings (SSSR count). The molecule has 0 saturated heterocycles. The minimum absolute atomic E-state index is 0.0169. The van der Waals surface area contributed by atoms with Gasteiger partial charge >= 0.3 is 5.97 Å². The molecule has 0 radical (unpaired) electrons. The van der Waals surface area contributed by atoms with Crippen LogP contribution >= 0.6 is 0 Å². The van der Waals surface area contributed by atoms with Crippen LogP contribution in [-0.4, -0.2) is 24.1 Å².